The van der Waals surface area contributed by atoms with Crippen LogP contribution in [0.1, 0.15) is 20.8 Å². The van der Waals surface area contributed by atoms with Crippen LogP contribution >= 0.6 is 22.9 Å². The highest BCUT2D eigenvalue weighted by molar-refractivity contribution is 14.1. The fourth-order valence-electron chi connectivity index (χ4n) is 0.200. The average Bonchev–Trinajstić information content (AvgIpc) is 1.30. The van der Waals surface area contributed by atoms with Gasteiger partial charge in [-0.05, 0) is 5.41 Å². The third-order valence-electron chi connectivity index (χ3n) is 0.597. The Bertz CT molecular complexity index is 46.5. The Kier molecular flexibility index (Phi) is 3.15. The molecule has 0 aliphatic heterocycles. The van der Waals surface area contributed by atoms with Crippen LogP contribution in [0.25, 0.3) is 0 Å². The van der Waals surface area contributed by atoms with Gasteiger partial charge < -0.3 is 0 Å². The van der Waals surface area contributed by atoms with Crippen LogP contribution in [0.2, 0.25) is 0 Å². The normalized spacial score (nSPS) is 12.0. The minimum absolute atomic E-state index is 0.432. The minimum Gasteiger partial charge on any atom is -0.261 e. The number of nitrogens with one attached hydrogen (secondary N) is 1. The zero-order valence-corrected chi connectivity index (χ0v) is 7.24. The van der Waals surface area contributed by atoms with Crippen LogP contribution in [0.5, 0.6) is 0 Å². The molecule has 0 saturated heterocycles. The number of halogens is 1. The Morgan fingerprint density at radius 2 is 1.86 bits per heavy atom. The second-order valence-electron chi connectivity index (χ2n) is 2.87. The molecule has 0 unspecified atom stereocenters. The van der Waals surface area contributed by atoms with E-state index in [2.05, 4.69) is 47.2 Å². The summed E-state index contributed by atoms with van der Waals surface area (Å²) in [6.45, 7) is 7.70. The molecule has 44 valence electrons. The van der Waals surface area contributed by atoms with Crippen LogP contribution in [0.3, 0.4) is 0 Å². The van der Waals surface area contributed by atoms with Crippen molar-refractivity contribution in [3.63, 3.8) is 0 Å². The standard InChI is InChI=1S/C5H12IN/c1-5(2,3)4-7-6/h7H,4H2,1-3H3. The van der Waals surface area contributed by atoms with Crippen molar-refractivity contribution in [3.8, 4) is 0 Å². The topological polar surface area (TPSA) is 12.0 Å². The lowest BCUT2D eigenvalue weighted by molar-refractivity contribution is 0.420. The molecule has 1 nitrogen and oxygen atoms in total. The molecule has 0 atom stereocenters. The largest absolute Gasteiger partial charge is 0.261 e. The van der Waals surface area contributed by atoms with Crippen molar-refractivity contribution >= 4 is 22.9 Å². The van der Waals surface area contributed by atoms with Gasteiger partial charge in [-0.2, -0.15) is 0 Å². The fraction of sp³-hybridized carbons (Fsp3) is 1.00. The molecule has 0 aromatic heterocycles. The molecule has 0 amide bonds. The van der Waals surface area contributed by atoms with Gasteiger partial charge in [0.05, 0.1) is 0 Å². The molecule has 1 N–H and O–H groups in total. The molecular formula is C5H12IN. The molecule has 0 aliphatic carbocycles. The van der Waals surface area contributed by atoms with E-state index >= 15 is 0 Å². The highest BCUT2D eigenvalue weighted by Gasteiger charge is 2.06. The van der Waals surface area contributed by atoms with Crippen LogP contribution in [-0.2, 0) is 0 Å². The monoisotopic (exact) mass is 213 g/mol. The Labute approximate surface area is 59.4 Å². The molecule has 0 rings (SSSR count). The van der Waals surface area contributed by atoms with E-state index < -0.39 is 0 Å². The van der Waals surface area contributed by atoms with Crippen molar-refractivity contribution in [3.05, 3.63) is 0 Å². The van der Waals surface area contributed by atoms with E-state index in [1.165, 1.54) is 0 Å². The van der Waals surface area contributed by atoms with E-state index in [9.17, 15) is 0 Å². The molecule has 0 radical (unpaired) electrons. The van der Waals surface area contributed by atoms with Crippen molar-refractivity contribution in [2.24, 2.45) is 5.41 Å². The zero-order valence-electron chi connectivity index (χ0n) is 5.09. The second kappa shape index (κ2) is 2.87. The first kappa shape index (κ1) is 7.69. The molecule has 0 spiro atoms. The molecule has 0 saturated carbocycles. The minimum atomic E-state index is 0.432. The second-order valence-corrected chi connectivity index (χ2v) is 3.63. The summed E-state index contributed by atoms with van der Waals surface area (Å²) in [5, 5.41) is 0. The van der Waals surface area contributed by atoms with Crippen molar-refractivity contribution in [2.75, 3.05) is 6.54 Å². The SMILES string of the molecule is CC(C)(C)CNI. The van der Waals surface area contributed by atoms with E-state index in [-0.39, 0.29) is 0 Å². The molecule has 0 aromatic rings. The first-order valence-corrected chi connectivity index (χ1v) is 3.47. The lowest BCUT2D eigenvalue weighted by atomic mass is 9.98. The van der Waals surface area contributed by atoms with Gasteiger partial charge in [0.15, 0.2) is 0 Å². The molecule has 0 aromatic carbocycles. The van der Waals surface area contributed by atoms with Gasteiger partial charge >= 0.3 is 0 Å². The molecular weight excluding hydrogens is 201 g/mol. The summed E-state index contributed by atoms with van der Waals surface area (Å²) in [6.07, 6.45) is 0. The molecule has 0 fully saturated rings. The maximum Gasteiger partial charge on any atom is 0.0169 e. The van der Waals surface area contributed by atoms with Gasteiger partial charge in [-0.25, -0.2) is 0 Å². The van der Waals surface area contributed by atoms with Crippen molar-refractivity contribution in [1.82, 2.24) is 3.53 Å². The third kappa shape index (κ3) is 6.69. The number of rotatable bonds is 1. The lowest BCUT2D eigenvalue weighted by Gasteiger charge is -2.15. The van der Waals surface area contributed by atoms with Crippen LogP contribution in [-0.4, -0.2) is 6.54 Å². The highest BCUT2D eigenvalue weighted by atomic mass is 127. The Balaban J connectivity index is 3.15. The van der Waals surface area contributed by atoms with E-state index in [0.717, 1.165) is 6.54 Å². The predicted octanol–water partition coefficient (Wildman–Crippen LogP) is 1.97. The van der Waals surface area contributed by atoms with Gasteiger partial charge in [-0.15, -0.1) is 0 Å². The maximum absolute atomic E-state index is 3.08. The van der Waals surface area contributed by atoms with Crippen LogP contribution in [0, 0.1) is 5.41 Å². The van der Waals surface area contributed by atoms with Crippen molar-refractivity contribution < 1.29 is 0 Å². The summed E-state index contributed by atoms with van der Waals surface area (Å²) >= 11 is 2.16. The van der Waals surface area contributed by atoms with Crippen LogP contribution < -0.4 is 3.53 Å². The zero-order chi connectivity index (χ0) is 5.91. The average molecular weight is 213 g/mol. The Morgan fingerprint density at radius 3 is 1.86 bits per heavy atom. The first-order valence-electron chi connectivity index (χ1n) is 2.40. The summed E-state index contributed by atoms with van der Waals surface area (Å²) in [4.78, 5) is 0. The van der Waals surface area contributed by atoms with Crippen LogP contribution in [0.4, 0.5) is 0 Å². The molecule has 0 aliphatic rings. The van der Waals surface area contributed by atoms with Gasteiger partial charge in [-0.3, -0.25) is 3.53 Å². The molecule has 0 bridgehead atoms. The first-order chi connectivity index (χ1) is 3.06. The maximum atomic E-state index is 3.08. The number of hydrogen-bond donors (Lipinski definition) is 1. The Hall–Kier alpha value is 0.690. The van der Waals surface area contributed by atoms with Gasteiger partial charge in [0.25, 0.3) is 0 Å². The lowest BCUT2D eigenvalue weighted by Crippen LogP contribution is -2.18. The Morgan fingerprint density at radius 1 is 1.43 bits per heavy atom. The van der Waals surface area contributed by atoms with Gasteiger partial charge in [0.1, 0.15) is 0 Å². The summed E-state index contributed by atoms with van der Waals surface area (Å²) in [7, 11) is 0. The van der Waals surface area contributed by atoms with Gasteiger partial charge in [-0.1, -0.05) is 20.8 Å². The van der Waals surface area contributed by atoms with Gasteiger partial charge in [0, 0.05) is 29.4 Å². The summed E-state index contributed by atoms with van der Waals surface area (Å²) in [5.41, 5.74) is 0.432. The highest BCUT2D eigenvalue weighted by Crippen LogP contribution is 2.10. The molecule has 2 heteroatoms. The number of hydrogen-bond acceptors (Lipinski definition) is 1. The summed E-state index contributed by atoms with van der Waals surface area (Å²) in [5.74, 6) is 0. The van der Waals surface area contributed by atoms with E-state index in [0.29, 0.717) is 5.41 Å². The molecule has 7 heavy (non-hydrogen) atoms. The smallest absolute Gasteiger partial charge is 0.0169 e. The fourth-order valence-corrected chi connectivity index (χ4v) is 1.34. The van der Waals surface area contributed by atoms with E-state index in [1.807, 2.05) is 0 Å². The predicted molar refractivity (Wildman–Crippen MR) is 41.5 cm³/mol. The summed E-state index contributed by atoms with van der Waals surface area (Å²) in [6, 6.07) is 0. The quantitative estimate of drug-likeness (QED) is 0.518. The van der Waals surface area contributed by atoms with Crippen LogP contribution in [0.15, 0.2) is 0 Å². The van der Waals surface area contributed by atoms with Gasteiger partial charge in [0.2, 0.25) is 0 Å². The molecule has 0 heterocycles. The van der Waals surface area contributed by atoms with E-state index in [1.54, 1.807) is 0 Å². The van der Waals surface area contributed by atoms with Crippen molar-refractivity contribution in [1.29, 1.82) is 0 Å². The summed E-state index contributed by atoms with van der Waals surface area (Å²) < 4.78 is 3.08. The van der Waals surface area contributed by atoms with E-state index in [4.69, 9.17) is 0 Å². The third-order valence-corrected chi connectivity index (χ3v) is 0.979. The van der Waals surface area contributed by atoms with Crippen molar-refractivity contribution in [2.45, 2.75) is 20.8 Å².